The van der Waals surface area contributed by atoms with Gasteiger partial charge in [0.2, 0.25) is 17.7 Å². The summed E-state index contributed by atoms with van der Waals surface area (Å²) in [5, 5.41) is 35.0. The number of nitrogens with two attached hydrogens (primary N) is 1. The highest BCUT2D eigenvalue weighted by Crippen LogP contribution is 2.06. The number of amides is 3. The molecule has 38 heavy (non-hydrogen) atoms. The van der Waals surface area contributed by atoms with Crippen molar-refractivity contribution < 1.29 is 39.3 Å². The fraction of sp³-hybridized carbons (Fsp3) is 0.417. The van der Waals surface area contributed by atoms with Gasteiger partial charge in [0.25, 0.3) is 0 Å². The number of nitrogens with one attached hydrogen (secondary N) is 4. The number of nitrogens with zero attached hydrogens (tertiary/aromatic N) is 1. The van der Waals surface area contributed by atoms with Crippen LogP contribution in [0.2, 0.25) is 0 Å². The highest BCUT2D eigenvalue weighted by molar-refractivity contribution is 5.94. The predicted octanol–water partition coefficient (Wildman–Crippen LogP) is -1.69. The molecule has 0 spiro atoms. The van der Waals surface area contributed by atoms with Crippen molar-refractivity contribution in [3.05, 3.63) is 54.1 Å². The van der Waals surface area contributed by atoms with Crippen LogP contribution in [0.4, 0.5) is 0 Å². The molecule has 0 radical (unpaired) electrons. The van der Waals surface area contributed by atoms with Gasteiger partial charge in [0.15, 0.2) is 6.04 Å². The van der Waals surface area contributed by atoms with Crippen molar-refractivity contribution in [3.8, 4) is 0 Å². The number of carbonyl (C=O) groups is 5. The molecule has 5 atom stereocenters. The Balaban J connectivity index is 2.19. The van der Waals surface area contributed by atoms with E-state index in [-0.39, 0.29) is 19.3 Å². The van der Waals surface area contributed by atoms with E-state index in [1.165, 1.54) is 12.5 Å². The number of carboxylic acid groups (broad SMARTS) is 2. The summed E-state index contributed by atoms with van der Waals surface area (Å²) in [6, 6.07) is 3.60. The number of carbonyl (C=O) groups excluding carboxylic acids is 3. The van der Waals surface area contributed by atoms with Crippen LogP contribution in [0.25, 0.3) is 0 Å². The largest absolute Gasteiger partial charge is 0.481 e. The van der Waals surface area contributed by atoms with E-state index in [1.807, 2.05) is 6.07 Å². The van der Waals surface area contributed by atoms with Crippen molar-refractivity contribution in [2.24, 2.45) is 5.73 Å². The molecule has 1 aromatic heterocycles. The van der Waals surface area contributed by atoms with Crippen LogP contribution in [0.1, 0.15) is 31.0 Å². The Morgan fingerprint density at radius 3 is 2.13 bits per heavy atom. The van der Waals surface area contributed by atoms with E-state index in [2.05, 4.69) is 25.9 Å². The van der Waals surface area contributed by atoms with Crippen molar-refractivity contribution in [3.63, 3.8) is 0 Å². The zero-order chi connectivity index (χ0) is 28.2. The number of hydrogen-bond donors (Lipinski definition) is 8. The first-order valence-electron chi connectivity index (χ1n) is 11.8. The number of benzene rings is 1. The minimum atomic E-state index is -1.69. The van der Waals surface area contributed by atoms with E-state index < -0.39 is 66.4 Å². The van der Waals surface area contributed by atoms with Crippen LogP contribution in [-0.2, 0) is 36.8 Å². The van der Waals surface area contributed by atoms with Crippen LogP contribution in [0.3, 0.4) is 0 Å². The number of aromatic nitrogens is 2. The zero-order valence-corrected chi connectivity index (χ0v) is 20.7. The first-order valence-corrected chi connectivity index (χ1v) is 11.8. The van der Waals surface area contributed by atoms with Gasteiger partial charge in [-0.2, -0.15) is 0 Å². The fourth-order valence-electron chi connectivity index (χ4n) is 3.52. The summed E-state index contributed by atoms with van der Waals surface area (Å²) in [4.78, 5) is 68.0. The predicted molar refractivity (Wildman–Crippen MR) is 132 cm³/mol. The van der Waals surface area contributed by atoms with Gasteiger partial charge in [0.1, 0.15) is 12.1 Å². The lowest BCUT2D eigenvalue weighted by Crippen LogP contribution is -2.58. The van der Waals surface area contributed by atoms with Gasteiger partial charge in [0.05, 0.1) is 18.5 Å². The van der Waals surface area contributed by atoms with Gasteiger partial charge in [-0.15, -0.1) is 0 Å². The summed E-state index contributed by atoms with van der Waals surface area (Å²) in [5.41, 5.74) is 7.33. The number of H-pyrrole nitrogens is 1. The van der Waals surface area contributed by atoms with Gasteiger partial charge in [-0.05, 0) is 25.3 Å². The molecule has 0 saturated carbocycles. The monoisotopic (exact) mass is 532 g/mol. The summed E-state index contributed by atoms with van der Waals surface area (Å²) in [7, 11) is 0. The molecule has 1 aromatic carbocycles. The minimum absolute atomic E-state index is 0.0612. The molecule has 0 aliphatic carbocycles. The van der Waals surface area contributed by atoms with Crippen molar-refractivity contribution in [2.45, 2.75) is 62.9 Å². The fourth-order valence-corrected chi connectivity index (χ4v) is 3.52. The lowest BCUT2D eigenvalue weighted by atomic mass is 10.0. The van der Waals surface area contributed by atoms with Crippen molar-refractivity contribution >= 4 is 29.7 Å². The Morgan fingerprint density at radius 2 is 1.58 bits per heavy atom. The molecular weight excluding hydrogens is 500 g/mol. The second-order valence-corrected chi connectivity index (χ2v) is 8.70. The number of carboxylic acids is 2. The number of hydrogen-bond acceptors (Lipinski definition) is 8. The highest BCUT2D eigenvalue weighted by atomic mass is 16.4. The number of imidazole rings is 1. The average Bonchev–Trinajstić information content (AvgIpc) is 3.37. The number of aromatic amines is 1. The molecule has 3 amide bonds. The molecule has 9 N–H and O–H groups in total. The number of aliphatic hydroxyl groups excluding tert-OH is 1. The van der Waals surface area contributed by atoms with Gasteiger partial charge < -0.3 is 42.0 Å². The van der Waals surface area contributed by atoms with Crippen LogP contribution in [0.15, 0.2) is 42.9 Å². The van der Waals surface area contributed by atoms with Gasteiger partial charge in [-0.3, -0.25) is 19.2 Å². The molecule has 206 valence electrons. The van der Waals surface area contributed by atoms with Crippen molar-refractivity contribution in [1.82, 2.24) is 25.9 Å². The quantitative estimate of drug-likeness (QED) is 0.129. The molecular formula is C24H32N6O8. The second-order valence-electron chi connectivity index (χ2n) is 8.70. The lowest BCUT2D eigenvalue weighted by Gasteiger charge is -2.25. The molecule has 0 saturated heterocycles. The maximum absolute atomic E-state index is 13.2. The summed E-state index contributed by atoms with van der Waals surface area (Å²) >= 11 is 0. The third-order valence-electron chi connectivity index (χ3n) is 5.57. The van der Waals surface area contributed by atoms with E-state index in [9.17, 15) is 34.2 Å². The number of aliphatic carboxylic acids is 2. The normalized spacial score (nSPS) is 14.8. The van der Waals surface area contributed by atoms with Crippen LogP contribution < -0.4 is 21.7 Å². The van der Waals surface area contributed by atoms with Crippen LogP contribution >= 0.6 is 0 Å². The van der Waals surface area contributed by atoms with E-state index in [0.29, 0.717) is 5.69 Å². The molecule has 5 unspecified atom stereocenters. The molecule has 0 fully saturated rings. The molecule has 14 heteroatoms. The molecule has 2 aromatic rings. The molecule has 2 rings (SSSR count). The second kappa shape index (κ2) is 14.4. The first-order chi connectivity index (χ1) is 18.0. The topological polar surface area (TPSA) is 237 Å². The zero-order valence-electron chi connectivity index (χ0n) is 20.7. The molecule has 0 aliphatic heterocycles. The number of rotatable bonds is 15. The van der Waals surface area contributed by atoms with Gasteiger partial charge >= 0.3 is 11.9 Å². The SMILES string of the molecule is CC(O)C(NC(=O)C(CCC(=O)O)NC(=O)C(Cc1cnc[nH]1)NC(=O)C(N)Cc1ccccc1)C(=O)O. The lowest BCUT2D eigenvalue weighted by molar-refractivity contribution is -0.145. The summed E-state index contributed by atoms with van der Waals surface area (Å²) in [5.74, 6) is -5.26. The third-order valence-corrected chi connectivity index (χ3v) is 5.57. The van der Waals surface area contributed by atoms with Gasteiger partial charge in [0, 0.05) is 24.7 Å². The molecule has 14 nitrogen and oxygen atoms in total. The highest BCUT2D eigenvalue weighted by Gasteiger charge is 2.32. The molecule has 0 aliphatic rings. The van der Waals surface area contributed by atoms with E-state index >= 15 is 0 Å². The first kappa shape index (κ1) is 29.9. The summed E-state index contributed by atoms with van der Waals surface area (Å²) in [6.45, 7) is 1.15. The maximum Gasteiger partial charge on any atom is 0.328 e. The van der Waals surface area contributed by atoms with Gasteiger partial charge in [-0.25, -0.2) is 9.78 Å². The van der Waals surface area contributed by atoms with Gasteiger partial charge in [-0.1, -0.05) is 30.3 Å². The van der Waals surface area contributed by atoms with Crippen LogP contribution in [-0.4, -0.2) is 85.2 Å². The van der Waals surface area contributed by atoms with E-state index in [1.54, 1.807) is 24.3 Å². The summed E-state index contributed by atoms with van der Waals surface area (Å²) in [6.07, 6.45) is 0.579. The maximum atomic E-state index is 13.2. The van der Waals surface area contributed by atoms with Crippen molar-refractivity contribution in [1.29, 1.82) is 0 Å². The standard InChI is InChI=1S/C24H32N6O8/c1-13(31)20(24(37)38)30-22(35)17(7-8-19(32)33)28-23(36)18(10-15-11-26-12-27-15)29-21(34)16(25)9-14-5-3-2-4-6-14/h2-6,11-13,16-18,20,31H,7-10,25H2,1H3,(H,26,27)(H,28,36)(H,29,34)(H,30,35)(H,32,33)(H,37,38). The van der Waals surface area contributed by atoms with E-state index in [0.717, 1.165) is 12.5 Å². The van der Waals surface area contributed by atoms with Crippen LogP contribution in [0, 0.1) is 0 Å². The Bertz CT molecular complexity index is 1090. The Labute approximate surface area is 218 Å². The van der Waals surface area contributed by atoms with E-state index in [4.69, 9.17) is 10.8 Å². The Morgan fingerprint density at radius 1 is 0.947 bits per heavy atom. The van der Waals surface area contributed by atoms with Crippen LogP contribution in [0.5, 0.6) is 0 Å². The summed E-state index contributed by atoms with van der Waals surface area (Å²) < 4.78 is 0. The molecule has 0 bridgehead atoms. The number of aliphatic hydroxyl groups is 1. The average molecular weight is 533 g/mol. The third kappa shape index (κ3) is 9.63. The van der Waals surface area contributed by atoms with Crippen molar-refractivity contribution in [2.75, 3.05) is 0 Å². The molecule has 1 heterocycles. The minimum Gasteiger partial charge on any atom is -0.481 e. The Hall–Kier alpha value is -4.30. The smallest absolute Gasteiger partial charge is 0.328 e. The Kier molecular flexibility index (Phi) is 11.4.